The number of nitrogen functional groups attached to an aromatic ring is 1. The zero-order chi connectivity index (χ0) is 17.4. The Bertz CT molecular complexity index is 566. The van der Waals surface area contributed by atoms with Crippen molar-refractivity contribution >= 4 is 30.0 Å². The molecule has 2 N–H and O–H groups in total. The highest BCUT2D eigenvalue weighted by Gasteiger charge is 2.21. The molecule has 0 saturated carbocycles. The van der Waals surface area contributed by atoms with Crippen LogP contribution in [0.4, 0.5) is 10.5 Å². The Kier molecular flexibility index (Phi) is 7.49. The number of hydrogen-bond donors (Lipinski definition) is 1. The van der Waals surface area contributed by atoms with Gasteiger partial charge in [0, 0.05) is 25.7 Å². The Balaban J connectivity index is 3.00. The molecule has 0 aliphatic carbocycles. The highest BCUT2D eigenvalue weighted by Crippen LogP contribution is 2.33. The number of esters is 1. The summed E-state index contributed by atoms with van der Waals surface area (Å²) in [5.74, 6) is -0.496. The Morgan fingerprint density at radius 3 is 2.52 bits per heavy atom. The Labute approximate surface area is 139 Å². The summed E-state index contributed by atoms with van der Waals surface area (Å²) in [4.78, 5) is 23.3. The molecule has 0 unspecified atom stereocenters. The van der Waals surface area contributed by atoms with Crippen LogP contribution in [0.2, 0.25) is 0 Å². The number of anilines is 1. The van der Waals surface area contributed by atoms with Gasteiger partial charge in [0.05, 0.1) is 19.4 Å². The van der Waals surface area contributed by atoms with Crippen LogP contribution in [-0.4, -0.2) is 43.7 Å². The maximum Gasteiger partial charge on any atom is 0.516 e. The molecule has 1 rings (SSSR count). The van der Waals surface area contributed by atoms with Crippen LogP contribution >= 0.6 is 12.2 Å². The second-order valence-corrected chi connectivity index (χ2v) is 5.20. The van der Waals surface area contributed by atoms with Crippen LogP contribution in [0.5, 0.6) is 11.5 Å². The van der Waals surface area contributed by atoms with Crippen molar-refractivity contribution in [3.63, 3.8) is 0 Å². The highest BCUT2D eigenvalue weighted by molar-refractivity contribution is 7.92. The van der Waals surface area contributed by atoms with E-state index in [0.717, 1.165) is 18.8 Å². The fraction of sp³-hybridized carbons (Fsp3) is 0.429. The number of carbonyl (C=O) groups excluding carboxylic acids is 2. The van der Waals surface area contributed by atoms with Gasteiger partial charge in [0.2, 0.25) is 0 Å². The zero-order valence-electron chi connectivity index (χ0n) is 13.5. The van der Waals surface area contributed by atoms with Crippen molar-refractivity contribution in [2.24, 2.45) is 0 Å². The van der Waals surface area contributed by atoms with E-state index >= 15 is 0 Å². The van der Waals surface area contributed by atoms with Gasteiger partial charge in [0.15, 0.2) is 5.75 Å². The van der Waals surface area contributed by atoms with Crippen LogP contribution in [-0.2, 0) is 9.47 Å². The molecule has 0 radical (unpaired) electrons. The normalized spacial score (nSPS) is 10.3. The summed E-state index contributed by atoms with van der Waals surface area (Å²) >= 11 is 1.07. The van der Waals surface area contributed by atoms with E-state index in [1.54, 1.807) is 6.92 Å². The summed E-state index contributed by atoms with van der Waals surface area (Å²) in [6.45, 7) is 4.40. The summed E-state index contributed by atoms with van der Waals surface area (Å²) in [5.41, 5.74) is 6.15. The molecule has 0 aliphatic heterocycles. The Morgan fingerprint density at radius 2 is 1.96 bits per heavy atom. The molecule has 1 aromatic rings. The van der Waals surface area contributed by atoms with E-state index in [1.807, 2.05) is 18.3 Å². The number of nitrogens with zero attached hydrogens (tertiary/aromatic N) is 1. The number of hydrogen-bond acceptors (Lipinski definition) is 9. The smallest absolute Gasteiger partial charge is 0.496 e. The first kappa shape index (κ1) is 18.9. The molecule has 0 bridgehead atoms. The Hall–Kier alpha value is -2.13. The number of ether oxygens (including phenoxy) is 3. The molecule has 0 spiro atoms. The molecule has 23 heavy (non-hydrogen) atoms. The van der Waals surface area contributed by atoms with Gasteiger partial charge in [-0.1, -0.05) is 6.92 Å². The van der Waals surface area contributed by atoms with Gasteiger partial charge in [0.25, 0.3) is 0 Å². The van der Waals surface area contributed by atoms with Gasteiger partial charge in [0.1, 0.15) is 23.5 Å². The SMILES string of the molecule is CCOC(=O)OC(=O)c1cc(OSN(C)CC)c(N)cc1OC. The van der Waals surface area contributed by atoms with Crippen molar-refractivity contribution in [2.75, 3.05) is 33.0 Å². The molecule has 0 heterocycles. The van der Waals surface area contributed by atoms with Crippen molar-refractivity contribution in [1.82, 2.24) is 4.31 Å². The summed E-state index contributed by atoms with van der Waals surface area (Å²) in [6.07, 6.45) is -1.08. The number of nitrogens with two attached hydrogens (primary N) is 1. The molecule has 0 aromatic heterocycles. The molecule has 9 heteroatoms. The first-order valence-electron chi connectivity index (χ1n) is 6.85. The Morgan fingerprint density at radius 1 is 1.26 bits per heavy atom. The first-order chi connectivity index (χ1) is 10.9. The van der Waals surface area contributed by atoms with Gasteiger partial charge >= 0.3 is 12.1 Å². The van der Waals surface area contributed by atoms with Gasteiger partial charge in [-0.3, -0.25) is 0 Å². The van der Waals surface area contributed by atoms with E-state index in [9.17, 15) is 9.59 Å². The molecule has 0 saturated heterocycles. The van der Waals surface area contributed by atoms with Crippen LogP contribution in [0.3, 0.4) is 0 Å². The van der Waals surface area contributed by atoms with Gasteiger partial charge in [-0.25, -0.2) is 13.9 Å². The van der Waals surface area contributed by atoms with E-state index < -0.39 is 12.1 Å². The topological polar surface area (TPSA) is 100 Å². The van der Waals surface area contributed by atoms with E-state index in [1.165, 1.54) is 19.2 Å². The van der Waals surface area contributed by atoms with E-state index in [2.05, 4.69) is 9.47 Å². The molecule has 0 aliphatic rings. The van der Waals surface area contributed by atoms with E-state index in [4.69, 9.17) is 14.7 Å². The third-order valence-electron chi connectivity index (χ3n) is 2.69. The van der Waals surface area contributed by atoms with Gasteiger partial charge in [-0.2, -0.15) is 0 Å². The van der Waals surface area contributed by atoms with Crippen molar-refractivity contribution < 1.29 is 28.0 Å². The predicted molar refractivity (Wildman–Crippen MR) is 86.4 cm³/mol. The maximum absolute atomic E-state index is 12.1. The van der Waals surface area contributed by atoms with Crippen molar-refractivity contribution in [2.45, 2.75) is 13.8 Å². The maximum atomic E-state index is 12.1. The molecule has 0 amide bonds. The highest BCUT2D eigenvalue weighted by atomic mass is 32.2. The van der Waals surface area contributed by atoms with E-state index in [-0.39, 0.29) is 29.4 Å². The minimum Gasteiger partial charge on any atom is -0.496 e. The van der Waals surface area contributed by atoms with Crippen LogP contribution in [0.25, 0.3) is 0 Å². The molecular formula is C14H20N2O6S. The van der Waals surface area contributed by atoms with Crippen molar-refractivity contribution in [3.8, 4) is 11.5 Å². The minimum absolute atomic E-state index is 0.00417. The number of methoxy groups -OCH3 is 1. The molecule has 8 nitrogen and oxygen atoms in total. The lowest BCUT2D eigenvalue weighted by atomic mass is 10.1. The lowest BCUT2D eigenvalue weighted by Gasteiger charge is -2.15. The fourth-order valence-corrected chi connectivity index (χ4v) is 1.87. The number of rotatable bonds is 7. The van der Waals surface area contributed by atoms with Crippen LogP contribution in [0.15, 0.2) is 12.1 Å². The lowest BCUT2D eigenvalue weighted by Crippen LogP contribution is -2.15. The second kappa shape index (κ2) is 9.11. The number of carbonyl (C=O) groups is 2. The molecule has 128 valence electrons. The monoisotopic (exact) mass is 344 g/mol. The van der Waals surface area contributed by atoms with Gasteiger partial charge in [-0.05, 0) is 6.92 Å². The predicted octanol–water partition coefficient (Wildman–Crippen LogP) is 2.48. The lowest BCUT2D eigenvalue weighted by molar-refractivity contribution is 0.0399. The molecule has 1 aromatic carbocycles. The largest absolute Gasteiger partial charge is 0.516 e. The van der Waals surface area contributed by atoms with Gasteiger partial charge < -0.3 is 24.1 Å². The number of benzene rings is 1. The molecule has 0 atom stereocenters. The minimum atomic E-state index is -1.08. The average Bonchev–Trinajstić information content (AvgIpc) is 2.52. The van der Waals surface area contributed by atoms with Crippen LogP contribution in [0, 0.1) is 0 Å². The third-order valence-corrected chi connectivity index (χ3v) is 3.46. The van der Waals surface area contributed by atoms with E-state index in [0.29, 0.717) is 0 Å². The summed E-state index contributed by atoms with van der Waals surface area (Å²) in [7, 11) is 3.20. The fourth-order valence-electron chi connectivity index (χ4n) is 1.41. The van der Waals surface area contributed by atoms with Crippen LogP contribution in [0.1, 0.15) is 24.2 Å². The summed E-state index contributed by atoms with van der Waals surface area (Å²) < 4.78 is 21.5. The van der Waals surface area contributed by atoms with Gasteiger partial charge in [-0.15, -0.1) is 0 Å². The summed E-state index contributed by atoms with van der Waals surface area (Å²) in [6, 6.07) is 2.77. The quantitative estimate of drug-likeness (QED) is 0.263. The zero-order valence-corrected chi connectivity index (χ0v) is 14.3. The molecule has 0 fully saturated rings. The van der Waals surface area contributed by atoms with Crippen LogP contribution < -0.4 is 14.7 Å². The second-order valence-electron chi connectivity index (χ2n) is 4.26. The first-order valence-corrected chi connectivity index (χ1v) is 7.54. The average molecular weight is 344 g/mol. The molecular weight excluding hydrogens is 324 g/mol. The third kappa shape index (κ3) is 5.53. The summed E-state index contributed by atoms with van der Waals surface area (Å²) in [5, 5.41) is 0. The van der Waals surface area contributed by atoms with Crippen molar-refractivity contribution in [3.05, 3.63) is 17.7 Å². The van der Waals surface area contributed by atoms with Crippen molar-refractivity contribution in [1.29, 1.82) is 0 Å². The standard InChI is InChI=1S/C14H20N2O6S/c1-5-16(3)23-22-12-7-9(11(19-4)8-10(12)15)13(17)21-14(18)20-6-2/h7-8H,5-6,15H2,1-4H3.